The van der Waals surface area contributed by atoms with Crippen molar-refractivity contribution < 1.29 is 17.9 Å². The third-order valence-electron chi connectivity index (χ3n) is 3.59. The monoisotopic (exact) mass is 297 g/mol. The summed E-state index contributed by atoms with van der Waals surface area (Å²) in [5, 5.41) is 0. The first-order valence-corrected chi connectivity index (χ1v) is 8.29. The molecule has 1 saturated heterocycles. The van der Waals surface area contributed by atoms with Crippen LogP contribution in [-0.2, 0) is 19.4 Å². The summed E-state index contributed by atoms with van der Waals surface area (Å²) in [6.07, 6.45) is 1.63. The highest BCUT2D eigenvalue weighted by Gasteiger charge is 2.32. The second kappa shape index (κ2) is 6.37. The van der Waals surface area contributed by atoms with Gasteiger partial charge in [0.2, 0.25) is 0 Å². The minimum atomic E-state index is -3.30. The summed E-state index contributed by atoms with van der Waals surface area (Å²) >= 11 is 0. The van der Waals surface area contributed by atoms with Gasteiger partial charge in [0.1, 0.15) is 6.04 Å². The fourth-order valence-corrected chi connectivity index (χ4v) is 3.76. The first kappa shape index (κ1) is 15.0. The molecule has 1 aliphatic rings. The van der Waals surface area contributed by atoms with Crippen LogP contribution < -0.4 is 0 Å². The summed E-state index contributed by atoms with van der Waals surface area (Å²) in [6.45, 7) is 1.10. The van der Waals surface area contributed by atoms with Gasteiger partial charge in [-0.3, -0.25) is 9.69 Å². The van der Waals surface area contributed by atoms with Gasteiger partial charge in [0.15, 0.2) is 9.84 Å². The number of benzene rings is 1. The van der Waals surface area contributed by atoms with E-state index in [1.54, 1.807) is 30.3 Å². The van der Waals surface area contributed by atoms with Crippen LogP contribution in [0.5, 0.6) is 0 Å². The van der Waals surface area contributed by atoms with Gasteiger partial charge in [0.05, 0.1) is 17.8 Å². The zero-order valence-electron chi connectivity index (χ0n) is 11.5. The molecule has 0 saturated carbocycles. The number of sulfone groups is 1. The molecule has 2 rings (SSSR count). The second-order valence-electron chi connectivity index (χ2n) is 4.85. The number of hydrogen-bond acceptors (Lipinski definition) is 5. The van der Waals surface area contributed by atoms with Crippen LogP contribution in [0, 0.1) is 0 Å². The summed E-state index contributed by atoms with van der Waals surface area (Å²) in [7, 11) is -1.94. The summed E-state index contributed by atoms with van der Waals surface area (Å²) in [5.74, 6) is -0.260. The quantitative estimate of drug-likeness (QED) is 0.762. The molecular weight excluding hydrogens is 278 g/mol. The number of esters is 1. The van der Waals surface area contributed by atoms with Crippen LogP contribution >= 0.6 is 0 Å². The Kier molecular flexibility index (Phi) is 4.77. The van der Waals surface area contributed by atoms with Gasteiger partial charge in [-0.15, -0.1) is 0 Å². The first-order chi connectivity index (χ1) is 9.54. The predicted molar refractivity (Wildman–Crippen MR) is 75.1 cm³/mol. The predicted octanol–water partition coefficient (Wildman–Crippen LogP) is 1.10. The molecule has 1 aromatic carbocycles. The Morgan fingerprint density at radius 3 is 2.70 bits per heavy atom. The van der Waals surface area contributed by atoms with E-state index >= 15 is 0 Å². The number of carbonyl (C=O) groups excluding carboxylic acids is 1. The Hall–Kier alpha value is -1.40. The van der Waals surface area contributed by atoms with Crippen LogP contribution in [0.15, 0.2) is 35.2 Å². The number of nitrogens with zero attached hydrogens (tertiary/aromatic N) is 1. The Labute approximate surface area is 119 Å². The Morgan fingerprint density at radius 1 is 1.35 bits per heavy atom. The zero-order chi connectivity index (χ0) is 14.6. The van der Waals surface area contributed by atoms with Crippen molar-refractivity contribution in [2.45, 2.75) is 23.8 Å². The number of likely N-dealkylation sites (tertiary alicyclic amines) is 1. The fourth-order valence-electron chi connectivity index (χ4n) is 2.48. The van der Waals surface area contributed by atoms with Crippen molar-refractivity contribution in [3.63, 3.8) is 0 Å². The molecule has 0 amide bonds. The number of rotatable bonds is 5. The third-order valence-corrected chi connectivity index (χ3v) is 5.30. The molecule has 1 aliphatic heterocycles. The van der Waals surface area contributed by atoms with E-state index in [1.807, 2.05) is 4.90 Å². The van der Waals surface area contributed by atoms with Gasteiger partial charge in [-0.1, -0.05) is 18.2 Å². The molecule has 1 fully saturated rings. The first-order valence-electron chi connectivity index (χ1n) is 6.64. The molecule has 0 aliphatic carbocycles. The number of ether oxygens (including phenoxy) is 1. The van der Waals surface area contributed by atoms with Gasteiger partial charge in [-0.05, 0) is 31.5 Å². The highest BCUT2D eigenvalue weighted by atomic mass is 32.2. The fraction of sp³-hybridized carbons (Fsp3) is 0.500. The van der Waals surface area contributed by atoms with Crippen LogP contribution in [0.1, 0.15) is 12.8 Å². The molecule has 0 radical (unpaired) electrons. The van der Waals surface area contributed by atoms with Crippen LogP contribution in [-0.4, -0.2) is 51.3 Å². The van der Waals surface area contributed by atoms with Crippen LogP contribution in [0.4, 0.5) is 0 Å². The van der Waals surface area contributed by atoms with E-state index in [1.165, 1.54) is 7.11 Å². The average molecular weight is 297 g/mol. The molecule has 1 unspecified atom stereocenters. The van der Waals surface area contributed by atoms with E-state index in [0.29, 0.717) is 11.4 Å². The largest absolute Gasteiger partial charge is 0.468 e. The number of hydrogen-bond donors (Lipinski definition) is 0. The van der Waals surface area contributed by atoms with E-state index in [0.717, 1.165) is 19.4 Å². The van der Waals surface area contributed by atoms with Gasteiger partial charge in [0, 0.05) is 6.54 Å². The van der Waals surface area contributed by atoms with E-state index in [4.69, 9.17) is 4.74 Å². The topological polar surface area (TPSA) is 63.7 Å². The minimum absolute atomic E-state index is 0.0184. The number of carbonyl (C=O) groups is 1. The Morgan fingerprint density at radius 2 is 2.05 bits per heavy atom. The summed E-state index contributed by atoms with van der Waals surface area (Å²) < 4.78 is 29.1. The van der Waals surface area contributed by atoms with Crippen LogP contribution in [0.25, 0.3) is 0 Å². The molecule has 5 nitrogen and oxygen atoms in total. The van der Waals surface area contributed by atoms with Crippen molar-refractivity contribution in [3.8, 4) is 0 Å². The van der Waals surface area contributed by atoms with Crippen molar-refractivity contribution in [1.29, 1.82) is 0 Å². The summed E-state index contributed by atoms with van der Waals surface area (Å²) in [6, 6.07) is 8.09. The lowest BCUT2D eigenvalue weighted by Gasteiger charge is -2.22. The molecular formula is C14H19NO4S. The molecule has 0 aromatic heterocycles. The normalized spacial score (nSPS) is 19.9. The molecule has 0 spiro atoms. The molecule has 6 heteroatoms. The maximum absolute atomic E-state index is 12.2. The molecule has 1 aromatic rings. The van der Waals surface area contributed by atoms with Gasteiger partial charge in [-0.25, -0.2) is 8.42 Å². The highest BCUT2D eigenvalue weighted by Crippen LogP contribution is 2.19. The van der Waals surface area contributed by atoms with E-state index in [-0.39, 0.29) is 17.8 Å². The van der Waals surface area contributed by atoms with Crippen molar-refractivity contribution in [2.75, 3.05) is 26.0 Å². The minimum Gasteiger partial charge on any atom is -0.468 e. The van der Waals surface area contributed by atoms with Crippen LogP contribution in [0.3, 0.4) is 0 Å². The lowest BCUT2D eigenvalue weighted by Crippen LogP contribution is -2.39. The molecule has 0 N–H and O–H groups in total. The van der Waals surface area contributed by atoms with Crippen LogP contribution in [0.2, 0.25) is 0 Å². The molecule has 20 heavy (non-hydrogen) atoms. The van der Waals surface area contributed by atoms with Crippen molar-refractivity contribution in [1.82, 2.24) is 4.90 Å². The molecule has 1 heterocycles. The van der Waals surface area contributed by atoms with E-state index in [9.17, 15) is 13.2 Å². The molecule has 110 valence electrons. The zero-order valence-corrected chi connectivity index (χ0v) is 12.3. The summed E-state index contributed by atoms with van der Waals surface area (Å²) in [4.78, 5) is 13.8. The maximum Gasteiger partial charge on any atom is 0.323 e. The second-order valence-corrected chi connectivity index (χ2v) is 6.96. The average Bonchev–Trinajstić information content (AvgIpc) is 2.94. The van der Waals surface area contributed by atoms with Gasteiger partial charge in [-0.2, -0.15) is 0 Å². The smallest absolute Gasteiger partial charge is 0.323 e. The Bertz CT molecular complexity index is 556. The third kappa shape index (κ3) is 3.37. The van der Waals surface area contributed by atoms with Gasteiger partial charge in [0.25, 0.3) is 0 Å². The Balaban J connectivity index is 2.00. The molecule has 0 bridgehead atoms. The molecule has 1 atom stereocenters. The maximum atomic E-state index is 12.2. The van der Waals surface area contributed by atoms with Gasteiger partial charge < -0.3 is 4.74 Å². The lowest BCUT2D eigenvalue weighted by molar-refractivity contribution is -0.145. The van der Waals surface area contributed by atoms with Crippen molar-refractivity contribution in [2.24, 2.45) is 0 Å². The van der Waals surface area contributed by atoms with Gasteiger partial charge >= 0.3 is 5.97 Å². The van der Waals surface area contributed by atoms with Crippen molar-refractivity contribution in [3.05, 3.63) is 30.3 Å². The van der Waals surface area contributed by atoms with E-state index in [2.05, 4.69) is 0 Å². The standard InChI is InChI=1S/C14H19NO4S/c1-19-14(16)13-8-5-9-15(13)10-11-20(17,18)12-6-3-2-4-7-12/h2-4,6-7,13H,5,8-11H2,1H3. The van der Waals surface area contributed by atoms with E-state index < -0.39 is 9.84 Å². The van der Waals surface area contributed by atoms with Crippen molar-refractivity contribution >= 4 is 15.8 Å². The summed E-state index contributed by atoms with van der Waals surface area (Å²) in [5.41, 5.74) is 0. The SMILES string of the molecule is COC(=O)C1CCCN1CCS(=O)(=O)c1ccccc1. The highest BCUT2D eigenvalue weighted by molar-refractivity contribution is 7.91. The number of methoxy groups -OCH3 is 1. The lowest BCUT2D eigenvalue weighted by atomic mass is 10.2.